The van der Waals surface area contributed by atoms with Crippen molar-refractivity contribution < 1.29 is 0 Å². The Bertz CT molecular complexity index is 823. The van der Waals surface area contributed by atoms with E-state index < -0.39 is 0 Å². The minimum absolute atomic E-state index is 0.400. The van der Waals surface area contributed by atoms with Gasteiger partial charge in [0.25, 0.3) is 0 Å². The highest BCUT2D eigenvalue weighted by Crippen LogP contribution is 2.25. The van der Waals surface area contributed by atoms with E-state index in [1.54, 1.807) is 6.20 Å². The molecule has 116 valence electrons. The van der Waals surface area contributed by atoms with Crippen LogP contribution in [0.1, 0.15) is 5.56 Å². The summed E-state index contributed by atoms with van der Waals surface area (Å²) >= 11 is 9.52. The summed E-state index contributed by atoms with van der Waals surface area (Å²) in [5, 5.41) is 15.0. The van der Waals surface area contributed by atoms with Crippen molar-refractivity contribution in [2.24, 2.45) is 0 Å². The molecule has 2 N–H and O–H groups in total. The molecular weight excluding hydrogens is 378 g/mol. The van der Waals surface area contributed by atoms with Crippen LogP contribution >= 0.6 is 27.5 Å². The number of hydrogen-bond donors (Lipinski definition) is 2. The quantitative estimate of drug-likeness (QED) is 0.650. The standard InChI is InChI=1S/C16H13BrClN5/c1-10-13(18)3-2-4-14(10)21-16-22-15(9-19-23-16)20-12-7-5-11(17)6-8-12/h2-9H,1H3,(H2,20,21,22,23). The molecule has 0 amide bonds. The molecule has 0 saturated heterocycles. The molecule has 5 nitrogen and oxygen atoms in total. The molecule has 1 heterocycles. The molecule has 0 unspecified atom stereocenters. The van der Waals surface area contributed by atoms with Gasteiger partial charge in [0.15, 0.2) is 5.82 Å². The van der Waals surface area contributed by atoms with Crippen LogP contribution in [0.3, 0.4) is 0 Å². The third-order valence-corrected chi connectivity index (χ3v) is 4.13. The van der Waals surface area contributed by atoms with E-state index in [1.165, 1.54) is 0 Å². The zero-order chi connectivity index (χ0) is 16.2. The van der Waals surface area contributed by atoms with Crippen LogP contribution in [0, 0.1) is 6.92 Å². The molecule has 0 radical (unpaired) electrons. The maximum Gasteiger partial charge on any atom is 0.249 e. The maximum absolute atomic E-state index is 6.12. The Kier molecular flexibility index (Phi) is 4.73. The number of rotatable bonds is 4. The average molecular weight is 391 g/mol. The van der Waals surface area contributed by atoms with Crippen molar-refractivity contribution in [1.29, 1.82) is 0 Å². The smallest absolute Gasteiger partial charge is 0.249 e. The summed E-state index contributed by atoms with van der Waals surface area (Å²) in [6.45, 7) is 1.93. The van der Waals surface area contributed by atoms with Crippen molar-refractivity contribution in [2.75, 3.05) is 10.6 Å². The number of nitrogens with zero attached hydrogens (tertiary/aromatic N) is 3. The van der Waals surface area contributed by atoms with Crippen LogP contribution in [0.2, 0.25) is 5.02 Å². The zero-order valence-corrected chi connectivity index (χ0v) is 14.6. The predicted molar refractivity (Wildman–Crippen MR) is 96.7 cm³/mol. The highest BCUT2D eigenvalue weighted by Gasteiger charge is 2.06. The SMILES string of the molecule is Cc1c(Cl)cccc1Nc1nncc(Nc2ccc(Br)cc2)n1. The lowest BCUT2D eigenvalue weighted by molar-refractivity contribution is 0.982. The Labute approximate surface area is 147 Å². The molecule has 3 aromatic rings. The molecule has 0 aliphatic rings. The number of benzene rings is 2. The third kappa shape index (κ3) is 3.97. The molecule has 0 aliphatic carbocycles. The zero-order valence-electron chi connectivity index (χ0n) is 12.2. The van der Waals surface area contributed by atoms with E-state index in [0.717, 1.165) is 21.4 Å². The number of aromatic nitrogens is 3. The van der Waals surface area contributed by atoms with E-state index in [-0.39, 0.29) is 0 Å². The van der Waals surface area contributed by atoms with E-state index in [2.05, 4.69) is 41.7 Å². The van der Waals surface area contributed by atoms with Crippen molar-refractivity contribution in [2.45, 2.75) is 6.92 Å². The van der Waals surface area contributed by atoms with Gasteiger partial charge >= 0.3 is 0 Å². The van der Waals surface area contributed by atoms with Crippen LogP contribution in [-0.2, 0) is 0 Å². The fraction of sp³-hybridized carbons (Fsp3) is 0.0625. The molecule has 2 aromatic carbocycles. The monoisotopic (exact) mass is 389 g/mol. The number of nitrogens with one attached hydrogen (secondary N) is 2. The first-order valence-corrected chi connectivity index (χ1v) is 8.03. The lowest BCUT2D eigenvalue weighted by Gasteiger charge is -2.10. The van der Waals surface area contributed by atoms with Gasteiger partial charge in [0.1, 0.15) is 0 Å². The fourth-order valence-electron chi connectivity index (χ4n) is 1.96. The van der Waals surface area contributed by atoms with Crippen LogP contribution in [0.15, 0.2) is 53.1 Å². The van der Waals surface area contributed by atoms with Gasteiger partial charge in [-0.25, -0.2) is 0 Å². The first-order chi connectivity index (χ1) is 11.1. The number of anilines is 4. The van der Waals surface area contributed by atoms with Gasteiger partial charge in [0, 0.05) is 20.9 Å². The normalized spacial score (nSPS) is 10.4. The summed E-state index contributed by atoms with van der Waals surface area (Å²) in [5.74, 6) is 1.00. The largest absolute Gasteiger partial charge is 0.339 e. The molecule has 0 spiro atoms. The molecule has 7 heteroatoms. The maximum atomic E-state index is 6.12. The van der Waals surface area contributed by atoms with Crippen molar-refractivity contribution in [3.05, 3.63) is 63.7 Å². The Morgan fingerprint density at radius 3 is 2.61 bits per heavy atom. The summed E-state index contributed by atoms with van der Waals surface area (Å²) in [5.41, 5.74) is 2.70. The first kappa shape index (κ1) is 15.7. The summed E-state index contributed by atoms with van der Waals surface area (Å²) < 4.78 is 1.02. The Hall–Kier alpha value is -2.18. The van der Waals surface area contributed by atoms with Gasteiger partial charge in [-0.3, -0.25) is 0 Å². The van der Waals surface area contributed by atoms with Gasteiger partial charge in [-0.2, -0.15) is 10.1 Å². The van der Waals surface area contributed by atoms with Gasteiger partial charge in [0.05, 0.1) is 6.20 Å². The number of hydrogen-bond acceptors (Lipinski definition) is 5. The molecule has 0 saturated carbocycles. The van der Waals surface area contributed by atoms with E-state index in [9.17, 15) is 0 Å². The molecule has 0 aliphatic heterocycles. The second-order valence-electron chi connectivity index (χ2n) is 4.83. The van der Waals surface area contributed by atoms with Gasteiger partial charge in [-0.05, 0) is 48.9 Å². The lowest BCUT2D eigenvalue weighted by Crippen LogP contribution is -2.03. The van der Waals surface area contributed by atoms with Crippen LogP contribution in [-0.4, -0.2) is 15.2 Å². The first-order valence-electron chi connectivity index (χ1n) is 6.86. The van der Waals surface area contributed by atoms with Crippen molar-refractivity contribution in [3.8, 4) is 0 Å². The fourth-order valence-corrected chi connectivity index (χ4v) is 2.40. The van der Waals surface area contributed by atoms with Crippen molar-refractivity contribution in [1.82, 2.24) is 15.2 Å². The Balaban J connectivity index is 1.79. The molecule has 0 fully saturated rings. The molecular formula is C16H13BrClN5. The van der Waals surface area contributed by atoms with Gasteiger partial charge < -0.3 is 10.6 Å². The lowest BCUT2D eigenvalue weighted by atomic mass is 10.2. The van der Waals surface area contributed by atoms with Gasteiger partial charge in [-0.15, -0.1) is 5.10 Å². The molecule has 0 atom stereocenters. The van der Waals surface area contributed by atoms with E-state index in [4.69, 9.17) is 11.6 Å². The second kappa shape index (κ2) is 6.93. The van der Waals surface area contributed by atoms with E-state index in [1.807, 2.05) is 49.4 Å². The van der Waals surface area contributed by atoms with E-state index >= 15 is 0 Å². The summed E-state index contributed by atoms with van der Waals surface area (Å²) in [7, 11) is 0. The topological polar surface area (TPSA) is 62.7 Å². The minimum atomic E-state index is 0.400. The molecule has 23 heavy (non-hydrogen) atoms. The Morgan fingerprint density at radius 1 is 1.04 bits per heavy atom. The van der Waals surface area contributed by atoms with E-state index in [0.29, 0.717) is 16.8 Å². The highest BCUT2D eigenvalue weighted by molar-refractivity contribution is 9.10. The molecule has 0 bridgehead atoms. The van der Waals surface area contributed by atoms with Crippen LogP contribution < -0.4 is 10.6 Å². The van der Waals surface area contributed by atoms with Crippen LogP contribution in [0.5, 0.6) is 0 Å². The highest BCUT2D eigenvalue weighted by atomic mass is 79.9. The second-order valence-corrected chi connectivity index (χ2v) is 6.16. The van der Waals surface area contributed by atoms with Gasteiger partial charge in [0.2, 0.25) is 5.95 Å². The minimum Gasteiger partial charge on any atom is -0.339 e. The summed E-state index contributed by atoms with van der Waals surface area (Å²) in [6.07, 6.45) is 1.57. The Morgan fingerprint density at radius 2 is 1.83 bits per heavy atom. The average Bonchev–Trinajstić information content (AvgIpc) is 2.54. The van der Waals surface area contributed by atoms with Crippen molar-refractivity contribution in [3.63, 3.8) is 0 Å². The van der Waals surface area contributed by atoms with Crippen LogP contribution in [0.4, 0.5) is 23.1 Å². The third-order valence-electron chi connectivity index (χ3n) is 3.19. The van der Waals surface area contributed by atoms with Gasteiger partial charge in [-0.1, -0.05) is 33.6 Å². The molecule has 1 aromatic heterocycles. The number of halogens is 2. The van der Waals surface area contributed by atoms with Crippen molar-refractivity contribution >= 4 is 50.7 Å². The molecule has 3 rings (SSSR count). The van der Waals surface area contributed by atoms with Crippen LogP contribution in [0.25, 0.3) is 0 Å². The predicted octanol–water partition coefficient (Wildman–Crippen LogP) is 5.08. The summed E-state index contributed by atoms with van der Waals surface area (Å²) in [6, 6.07) is 13.4. The summed E-state index contributed by atoms with van der Waals surface area (Å²) in [4.78, 5) is 4.41.